The van der Waals surface area contributed by atoms with Gasteiger partial charge in [-0.25, -0.2) is 4.98 Å². The average Bonchev–Trinajstić information content (AvgIpc) is 2.15. The zero-order valence-corrected chi connectivity index (χ0v) is 8.49. The summed E-state index contributed by atoms with van der Waals surface area (Å²) in [6, 6.07) is 0.483. The molecule has 0 radical (unpaired) electrons. The van der Waals surface area contributed by atoms with Gasteiger partial charge in [-0.15, -0.1) is 0 Å². The summed E-state index contributed by atoms with van der Waals surface area (Å²) >= 11 is 0. The molecule has 0 bridgehead atoms. The summed E-state index contributed by atoms with van der Waals surface area (Å²) in [5.74, 6) is 1.48. The molecule has 13 heavy (non-hydrogen) atoms. The van der Waals surface area contributed by atoms with Crippen molar-refractivity contribution in [2.75, 3.05) is 5.32 Å². The molecule has 1 aromatic heterocycles. The molecule has 1 heterocycles. The molecular formula is C10H17N3. The second-order valence-corrected chi connectivity index (χ2v) is 3.49. The Morgan fingerprint density at radius 3 is 2.62 bits per heavy atom. The van der Waals surface area contributed by atoms with Crippen molar-refractivity contribution in [1.82, 2.24) is 9.97 Å². The first-order chi connectivity index (χ1) is 6.24. The Balaban J connectivity index is 2.57. The topological polar surface area (TPSA) is 37.8 Å². The Labute approximate surface area is 79.6 Å². The lowest BCUT2D eigenvalue weighted by molar-refractivity contribution is 0.509. The molecule has 0 amide bonds. The van der Waals surface area contributed by atoms with Gasteiger partial charge in [0.1, 0.15) is 5.82 Å². The van der Waals surface area contributed by atoms with E-state index >= 15 is 0 Å². The third-order valence-electron chi connectivity index (χ3n) is 2.14. The number of hydrogen-bond donors (Lipinski definition) is 1. The second-order valence-electron chi connectivity index (χ2n) is 3.49. The second kappa shape index (κ2) is 4.80. The van der Waals surface area contributed by atoms with E-state index in [1.807, 2.05) is 0 Å². The van der Waals surface area contributed by atoms with E-state index in [-0.39, 0.29) is 0 Å². The van der Waals surface area contributed by atoms with Crippen LogP contribution in [0.1, 0.15) is 27.2 Å². The molecule has 1 unspecified atom stereocenters. The summed E-state index contributed by atoms with van der Waals surface area (Å²) < 4.78 is 0. The highest BCUT2D eigenvalue weighted by atomic mass is 15.0. The van der Waals surface area contributed by atoms with Crippen LogP contribution in [0.4, 0.5) is 5.82 Å². The molecule has 0 aliphatic heterocycles. The minimum Gasteiger partial charge on any atom is -0.366 e. The summed E-state index contributed by atoms with van der Waals surface area (Å²) in [5.41, 5.74) is 0. The summed E-state index contributed by atoms with van der Waals surface area (Å²) in [4.78, 5) is 8.18. The van der Waals surface area contributed by atoms with Crippen molar-refractivity contribution in [2.24, 2.45) is 5.92 Å². The molecule has 1 N–H and O–H groups in total. The lowest BCUT2D eigenvalue weighted by Gasteiger charge is -2.20. The normalized spacial score (nSPS) is 12.9. The van der Waals surface area contributed by atoms with Crippen LogP contribution in [0.2, 0.25) is 0 Å². The van der Waals surface area contributed by atoms with Gasteiger partial charge in [0, 0.05) is 18.4 Å². The third-order valence-corrected chi connectivity index (χ3v) is 2.14. The van der Waals surface area contributed by atoms with Crippen molar-refractivity contribution in [1.29, 1.82) is 0 Å². The van der Waals surface area contributed by atoms with E-state index in [2.05, 4.69) is 36.1 Å². The van der Waals surface area contributed by atoms with Crippen LogP contribution >= 0.6 is 0 Å². The SMILES string of the molecule is CCC(Nc1cnccn1)C(C)C. The maximum absolute atomic E-state index is 4.18. The highest BCUT2D eigenvalue weighted by Gasteiger charge is 2.10. The van der Waals surface area contributed by atoms with E-state index < -0.39 is 0 Å². The lowest BCUT2D eigenvalue weighted by atomic mass is 10.0. The van der Waals surface area contributed by atoms with Gasteiger partial charge >= 0.3 is 0 Å². The van der Waals surface area contributed by atoms with Crippen molar-refractivity contribution < 1.29 is 0 Å². The number of anilines is 1. The van der Waals surface area contributed by atoms with Crippen LogP contribution in [-0.2, 0) is 0 Å². The van der Waals surface area contributed by atoms with Gasteiger partial charge in [-0.1, -0.05) is 20.8 Å². The molecule has 0 aliphatic rings. The number of hydrogen-bond acceptors (Lipinski definition) is 3. The molecule has 0 fully saturated rings. The van der Waals surface area contributed by atoms with Crippen LogP contribution in [0.25, 0.3) is 0 Å². The fourth-order valence-electron chi connectivity index (χ4n) is 1.30. The van der Waals surface area contributed by atoms with Gasteiger partial charge in [-0.2, -0.15) is 0 Å². The summed E-state index contributed by atoms with van der Waals surface area (Å²) in [7, 11) is 0. The van der Waals surface area contributed by atoms with Gasteiger partial charge in [0.05, 0.1) is 6.20 Å². The summed E-state index contributed by atoms with van der Waals surface area (Å²) in [5, 5.41) is 3.35. The number of nitrogens with one attached hydrogen (secondary N) is 1. The standard InChI is InChI=1S/C10H17N3/c1-4-9(8(2)3)13-10-7-11-5-6-12-10/h5-9H,4H2,1-3H3,(H,12,13). The minimum atomic E-state index is 0.483. The molecule has 0 aliphatic carbocycles. The van der Waals surface area contributed by atoms with Gasteiger partial charge in [0.15, 0.2) is 0 Å². The predicted molar refractivity (Wildman–Crippen MR) is 54.6 cm³/mol. The van der Waals surface area contributed by atoms with E-state index in [4.69, 9.17) is 0 Å². The van der Waals surface area contributed by atoms with Crippen LogP contribution in [0.3, 0.4) is 0 Å². The van der Waals surface area contributed by atoms with E-state index in [0.29, 0.717) is 12.0 Å². The third kappa shape index (κ3) is 3.01. The molecule has 0 spiro atoms. The molecular weight excluding hydrogens is 162 g/mol. The van der Waals surface area contributed by atoms with Crippen molar-refractivity contribution in [3.05, 3.63) is 18.6 Å². The highest BCUT2D eigenvalue weighted by Crippen LogP contribution is 2.11. The Kier molecular flexibility index (Phi) is 3.68. The van der Waals surface area contributed by atoms with E-state index in [1.54, 1.807) is 18.6 Å². The largest absolute Gasteiger partial charge is 0.366 e. The lowest BCUT2D eigenvalue weighted by Crippen LogP contribution is -2.25. The Bertz CT molecular complexity index is 233. The van der Waals surface area contributed by atoms with Crippen molar-refractivity contribution in [2.45, 2.75) is 33.2 Å². The first kappa shape index (κ1) is 9.96. The van der Waals surface area contributed by atoms with Crippen molar-refractivity contribution in [3.8, 4) is 0 Å². The smallest absolute Gasteiger partial charge is 0.144 e. The maximum atomic E-state index is 4.18. The molecule has 1 atom stereocenters. The zero-order chi connectivity index (χ0) is 9.68. The quantitative estimate of drug-likeness (QED) is 0.770. The predicted octanol–water partition coefficient (Wildman–Crippen LogP) is 2.32. The van der Waals surface area contributed by atoms with E-state index in [9.17, 15) is 0 Å². The van der Waals surface area contributed by atoms with E-state index in [0.717, 1.165) is 12.2 Å². The van der Waals surface area contributed by atoms with Crippen molar-refractivity contribution >= 4 is 5.82 Å². The van der Waals surface area contributed by atoms with E-state index in [1.165, 1.54) is 0 Å². The molecule has 0 saturated carbocycles. The van der Waals surface area contributed by atoms with Crippen molar-refractivity contribution in [3.63, 3.8) is 0 Å². The number of aromatic nitrogens is 2. The molecule has 1 rings (SSSR count). The molecule has 1 aromatic rings. The maximum Gasteiger partial charge on any atom is 0.144 e. The average molecular weight is 179 g/mol. The van der Waals surface area contributed by atoms with Gasteiger partial charge in [-0.3, -0.25) is 4.98 Å². The zero-order valence-electron chi connectivity index (χ0n) is 8.49. The highest BCUT2D eigenvalue weighted by molar-refractivity contribution is 5.31. The Hall–Kier alpha value is -1.12. The van der Waals surface area contributed by atoms with Gasteiger partial charge in [0.2, 0.25) is 0 Å². The first-order valence-electron chi connectivity index (χ1n) is 4.76. The number of rotatable bonds is 4. The van der Waals surface area contributed by atoms with Crippen LogP contribution in [-0.4, -0.2) is 16.0 Å². The molecule has 3 heteroatoms. The van der Waals surface area contributed by atoms with Gasteiger partial charge in [-0.05, 0) is 12.3 Å². The summed E-state index contributed by atoms with van der Waals surface area (Å²) in [6.45, 7) is 6.59. The monoisotopic (exact) mass is 179 g/mol. The fraction of sp³-hybridized carbons (Fsp3) is 0.600. The summed E-state index contributed by atoms with van der Waals surface area (Å²) in [6.07, 6.45) is 6.25. The first-order valence-corrected chi connectivity index (χ1v) is 4.76. The number of nitrogens with zero attached hydrogens (tertiary/aromatic N) is 2. The fourth-order valence-corrected chi connectivity index (χ4v) is 1.30. The minimum absolute atomic E-state index is 0.483. The van der Waals surface area contributed by atoms with Crippen LogP contribution in [0, 0.1) is 5.92 Å². The Morgan fingerprint density at radius 2 is 2.15 bits per heavy atom. The molecule has 3 nitrogen and oxygen atoms in total. The molecule has 0 saturated heterocycles. The van der Waals surface area contributed by atoms with Crippen LogP contribution in [0.15, 0.2) is 18.6 Å². The van der Waals surface area contributed by atoms with Crippen LogP contribution < -0.4 is 5.32 Å². The van der Waals surface area contributed by atoms with Crippen LogP contribution in [0.5, 0.6) is 0 Å². The molecule has 72 valence electrons. The van der Waals surface area contributed by atoms with Gasteiger partial charge < -0.3 is 5.32 Å². The Morgan fingerprint density at radius 1 is 1.38 bits per heavy atom. The molecule has 0 aromatic carbocycles. The van der Waals surface area contributed by atoms with Gasteiger partial charge in [0.25, 0.3) is 0 Å².